The lowest BCUT2D eigenvalue weighted by Crippen LogP contribution is -2.22. The maximum Gasteiger partial charge on any atom is 0.334 e. The first-order valence-electron chi connectivity index (χ1n) is 7.48. The molecule has 0 radical (unpaired) electrons. The molecule has 0 bridgehead atoms. The lowest BCUT2D eigenvalue weighted by Gasteiger charge is -2.33. The van der Waals surface area contributed by atoms with Crippen LogP contribution in [-0.4, -0.2) is 17.9 Å². The largest absolute Gasteiger partial charge is 0.334 e. The molecule has 4 heteroatoms. The molecule has 0 aromatic carbocycles. The van der Waals surface area contributed by atoms with E-state index in [-0.39, 0.29) is 17.9 Å². The first-order valence-corrected chi connectivity index (χ1v) is 9.09. The summed E-state index contributed by atoms with van der Waals surface area (Å²) in [5.74, 6) is 0. The third-order valence-corrected chi connectivity index (χ3v) is 6.54. The highest BCUT2D eigenvalue weighted by Crippen LogP contribution is 2.59. The quantitative estimate of drug-likeness (QED) is 0.604. The van der Waals surface area contributed by atoms with Crippen LogP contribution >= 0.6 is 7.60 Å². The average Bonchev–Trinajstić information content (AvgIpc) is 2.39. The molecule has 0 aromatic heterocycles. The van der Waals surface area contributed by atoms with Crippen LogP contribution in [0.3, 0.4) is 0 Å². The van der Waals surface area contributed by atoms with Gasteiger partial charge in [-0.05, 0) is 39.5 Å². The Kier molecular flexibility index (Phi) is 6.90. The van der Waals surface area contributed by atoms with Gasteiger partial charge in [0.2, 0.25) is 0 Å². The van der Waals surface area contributed by atoms with E-state index in [0.717, 1.165) is 38.5 Å². The van der Waals surface area contributed by atoms with Crippen molar-refractivity contribution in [2.45, 2.75) is 90.5 Å². The van der Waals surface area contributed by atoms with Crippen molar-refractivity contribution in [3.8, 4) is 0 Å². The molecular weight excluding hydrogens is 247 g/mol. The van der Waals surface area contributed by atoms with Crippen molar-refractivity contribution in [3.05, 3.63) is 0 Å². The van der Waals surface area contributed by atoms with Gasteiger partial charge in [-0.1, -0.05) is 33.1 Å². The molecule has 0 heterocycles. The molecule has 0 spiro atoms. The van der Waals surface area contributed by atoms with Crippen LogP contribution in [0, 0.1) is 0 Å². The van der Waals surface area contributed by atoms with Crippen LogP contribution in [-0.2, 0) is 13.6 Å². The molecule has 1 saturated carbocycles. The molecule has 2 unspecified atom stereocenters. The second-order valence-electron chi connectivity index (χ2n) is 5.48. The van der Waals surface area contributed by atoms with Crippen LogP contribution in [0.4, 0.5) is 0 Å². The van der Waals surface area contributed by atoms with Gasteiger partial charge < -0.3 is 9.05 Å². The van der Waals surface area contributed by atoms with Gasteiger partial charge in [0.05, 0.1) is 17.9 Å². The Labute approximate surface area is 112 Å². The van der Waals surface area contributed by atoms with Crippen molar-refractivity contribution in [3.63, 3.8) is 0 Å². The topological polar surface area (TPSA) is 35.5 Å². The predicted octanol–water partition coefficient (Wildman–Crippen LogP) is 5.14. The van der Waals surface area contributed by atoms with E-state index in [1.54, 1.807) is 0 Å². The lowest BCUT2D eigenvalue weighted by atomic mass is 10.0. The van der Waals surface area contributed by atoms with Crippen molar-refractivity contribution >= 4 is 7.60 Å². The van der Waals surface area contributed by atoms with Gasteiger partial charge in [-0.2, -0.15) is 0 Å². The summed E-state index contributed by atoms with van der Waals surface area (Å²) in [7, 11) is -2.94. The minimum atomic E-state index is -2.94. The Hall–Kier alpha value is 0.150. The highest BCUT2D eigenvalue weighted by atomic mass is 31.2. The third-order valence-electron chi connectivity index (χ3n) is 3.83. The number of rotatable bonds is 7. The Morgan fingerprint density at radius 2 is 1.44 bits per heavy atom. The zero-order valence-electron chi connectivity index (χ0n) is 12.4. The Morgan fingerprint density at radius 1 is 1.00 bits per heavy atom. The minimum Gasteiger partial charge on any atom is -0.305 e. The average molecular weight is 276 g/mol. The van der Waals surface area contributed by atoms with Crippen LogP contribution in [0.1, 0.15) is 72.6 Å². The summed E-state index contributed by atoms with van der Waals surface area (Å²) in [5, 5.41) is 0. The van der Waals surface area contributed by atoms with E-state index in [1.807, 2.05) is 13.8 Å². The van der Waals surface area contributed by atoms with Crippen LogP contribution in [0.2, 0.25) is 0 Å². The monoisotopic (exact) mass is 276 g/mol. The van der Waals surface area contributed by atoms with E-state index in [9.17, 15) is 4.57 Å². The number of hydrogen-bond acceptors (Lipinski definition) is 3. The van der Waals surface area contributed by atoms with Gasteiger partial charge >= 0.3 is 7.60 Å². The van der Waals surface area contributed by atoms with Crippen molar-refractivity contribution in [2.24, 2.45) is 0 Å². The van der Waals surface area contributed by atoms with E-state index in [2.05, 4.69) is 13.8 Å². The molecule has 0 aromatic rings. The van der Waals surface area contributed by atoms with E-state index in [4.69, 9.17) is 9.05 Å². The lowest BCUT2D eigenvalue weighted by molar-refractivity contribution is 0.115. The van der Waals surface area contributed by atoms with E-state index in [1.165, 1.54) is 6.42 Å². The molecule has 1 fully saturated rings. The summed E-state index contributed by atoms with van der Waals surface area (Å²) in [6, 6.07) is 0. The second kappa shape index (κ2) is 7.67. The fourth-order valence-corrected chi connectivity index (χ4v) is 4.94. The molecule has 2 atom stereocenters. The third kappa shape index (κ3) is 4.68. The molecule has 1 aliphatic carbocycles. The van der Waals surface area contributed by atoms with Crippen molar-refractivity contribution in [1.29, 1.82) is 0 Å². The summed E-state index contributed by atoms with van der Waals surface area (Å²) in [6.07, 6.45) is 7.33. The normalized spacial score (nSPS) is 24.4. The molecule has 0 aliphatic heterocycles. The fraction of sp³-hybridized carbons (Fsp3) is 1.00. The Balaban J connectivity index is 2.74. The van der Waals surface area contributed by atoms with E-state index >= 15 is 0 Å². The summed E-state index contributed by atoms with van der Waals surface area (Å²) in [4.78, 5) is 0. The zero-order chi connectivity index (χ0) is 13.6. The highest BCUT2D eigenvalue weighted by Gasteiger charge is 2.38. The summed E-state index contributed by atoms with van der Waals surface area (Å²) in [6.45, 7) is 8.07. The van der Waals surface area contributed by atoms with Crippen LogP contribution < -0.4 is 0 Å². The predicted molar refractivity (Wildman–Crippen MR) is 76.2 cm³/mol. The number of hydrogen-bond donors (Lipinski definition) is 0. The van der Waals surface area contributed by atoms with Gasteiger partial charge in [0, 0.05) is 0 Å². The molecule has 18 heavy (non-hydrogen) atoms. The van der Waals surface area contributed by atoms with Gasteiger partial charge in [-0.15, -0.1) is 0 Å². The second-order valence-corrected chi connectivity index (χ2v) is 7.71. The molecule has 1 rings (SSSR count). The Bertz CT molecular complexity index is 258. The van der Waals surface area contributed by atoms with Crippen molar-refractivity contribution < 1.29 is 13.6 Å². The van der Waals surface area contributed by atoms with Crippen molar-refractivity contribution in [2.75, 3.05) is 0 Å². The molecule has 0 amide bonds. The van der Waals surface area contributed by atoms with Gasteiger partial charge in [0.1, 0.15) is 0 Å². The minimum absolute atomic E-state index is 0.0156. The van der Waals surface area contributed by atoms with E-state index in [0.29, 0.717) is 0 Å². The van der Waals surface area contributed by atoms with Crippen LogP contribution in [0.15, 0.2) is 0 Å². The maximum atomic E-state index is 13.1. The van der Waals surface area contributed by atoms with Gasteiger partial charge in [-0.25, -0.2) is 0 Å². The zero-order valence-corrected chi connectivity index (χ0v) is 13.2. The highest BCUT2D eigenvalue weighted by molar-refractivity contribution is 7.54. The standard InChI is InChI=1S/C14H29O3P/c1-5-12(3)16-18(15,17-13(4)6-2)14-10-8-7-9-11-14/h12-14H,5-11H2,1-4H3. The van der Waals surface area contributed by atoms with Crippen LogP contribution in [0.5, 0.6) is 0 Å². The molecular formula is C14H29O3P. The summed E-state index contributed by atoms with van der Waals surface area (Å²) >= 11 is 0. The molecule has 0 saturated heterocycles. The SMILES string of the molecule is CCC(C)OP(=O)(OC(C)CC)C1CCCCC1. The molecule has 3 nitrogen and oxygen atoms in total. The first-order chi connectivity index (χ1) is 8.51. The Morgan fingerprint density at radius 3 is 1.83 bits per heavy atom. The molecule has 1 aliphatic rings. The smallest absolute Gasteiger partial charge is 0.305 e. The summed E-state index contributed by atoms with van der Waals surface area (Å²) in [5.41, 5.74) is 0.120. The first kappa shape index (κ1) is 16.2. The van der Waals surface area contributed by atoms with Crippen molar-refractivity contribution in [1.82, 2.24) is 0 Å². The fourth-order valence-electron chi connectivity index (χ4n) is 2.24. The van der Waals surface area contributed by atoms with Gasteiger partial charge in [-0.3, -0.25) is 4.57 Å². The maximum absolute atomic E-state index is 13.1. The van der Waals surface area contributed by atoms with Crippen LogP contribution in [0.25, 0.3) is 0 Å². The van der Waals surface area contributed by atoms with Gasteiger partial charge in [0.25, 0.3) is 0 Å². The van der Waals surface area contributed by atoms with E-state index < -0.39 is 7.60 Å². The summed E-state index contributed by atoms with van der Waals surface area (Å²) < 4.78 is 24.7. The van der Waals surface area contributed by atoms with Gasteiger partial charge in [0.15, 0.2) is 0 Å². The molecule has 0 N–H and O–H groups in total. The molecule has 108 valence electrons.